The van der Waals surface area contributed by atoms with Crippen molar-refractivity contribution in [1.29, 1.82) is 0 Å². The third-order valence-electron chi connectivity index (χ3n) is 3.57. The van der Waals surface area contributed by atoms with Gasteiger partial charge in [-0.2, -0.15) is 0 Å². The summed E-state index contributed by atoms with van der Waals surface area (Å²) < 4.78 is 0. The molecule has 0 bridgehead atoms. The Labute approximate surface area is 112 Å². The lowest BCUT2D eigenvalue weighted by Crippen LogP contribution is -2.39. The summed E-state index contributed by atoms with van der Waals surface area (Å²) in [7, 11) is 0. The molecule has 2 rings (SSSR count). The number of rotatable bonds is 2. The van der Waals surface area contributed by atoms with Crippen molar-refractivity contribution >= 4 is 17.5 Å². The second kappa shape index (κ2) is 5.61. The van der Waals surface area contributed by atoms with Crippen LogP contribution in [0.5, 0.6) is 5.75 Å². The zero-order chi connectivity index (χ0) is 13.1. The monoisotopic (exact) mass is 267 g/mol. The van der Waals surface area contributed by atoms with Crippen molar-refractivity contribution in [1.82, 2.24) is 4.90 Å². The Hall–Kier alpha value is -1.22. The number of likely N-dealkylation sites (tertiary alicyclic amines) is 1. The second-order valence-electron chi connectivity index (χ2n) is 4.83. The highest BCUT2D eigenvalue weighted by Crippen LogP contribution is 2.26. The summed E-state index contributed by atoms with van der Waals surface area (Å²) in [4.78, 5) is 14.2. The first-order valence-electron chi connectivity index (χ1n) is 6.39. The van der Waals surface area contributed by atoms with Crippen LogP contribution in [0.3, 0.4) is 0 Å². The number of phenolic OH excluding ortho intramolecular Hbond substituents is 1. The summed E-state index contributed by atoms with van der Waals surface area (Å²) in [5.41, 5.74) is 0.344. The van der Waals surface area contributed by atoms with Gasteiger partial charge in [-0.15, -0.1) is 0 Å². The van der Waals surface area contributed by atoms with Crippen LogP contribution in [0.4, 0.5) is 0 Å². The van der Waals surface area contributed by atoms with Gasteiger partial charge in [0.2, 0.25) is 0 Å². The van der Waals surface area contributed by atoms with E-state index in [1.54, 1.807) is 12.1 Å². The van der Waals surface area contributed by atoms with Gasteiger partial charge in [0.05, 0.1) is 5.56 Å². The third kappa shape index (κ3) is 2.78. The standard InChI is InChI=1S/C14H18ClNO2/c1-2-10-4-3-7-16(9-10)14(18)12-6-5-11(15)8-13(12)17/h5-6,8,10,17H,2-4,7,9H2,1H3. The van der Waals surface area contributed by atoms with Crippen LogP contribution in [-0.4, -0.2) is 29.0 Å². The molecule has 0 saturated carbocycles. The Kier molecular flexibility index (Phi) is 4.12. The molecule has 1 aromatic rings. The number of hydrogen-bond donors (Lipinski definition) is 1. The third-order valence-corrected chi connectivity index (χ3v) is 3.81. The van der Waals surface area contributed by atoms with Gasteiger partial charge in [-0.1, -0.05) is 24.9 Å². The van der Waals surface area contributed by atoms with E-state index >= 15 is 0 Å². The van der Waals surface area contributed by atoms with Gasteiger partial charge >= 0.3 is 0 Å². The van der Waals surface area contributed by atoms with E-state index in [2.05, 4.69) is 6.92 Å². The Balaban J connectivity index is 2.15. The van der Waals surface area contributed by atoms with Crippen LogP contribution < -0.4 is 0 Å². The van der Waals surface area contributed by atoms with Crippen molar-refractivity contribution in [3.8, 4) is 5.75 Å². The van der Waals surface area contributed by atoms with E-state index in [0.717, 1.165) is 25.9 Å². The molecule has 1 amide bonds. The Morgan fingerprint density at radius 2 is 2.33 bits per heavy atom. The fraction of sp³-hybridized carbons (Fsp3) is 0.500. The second-order valence-corrected chi connectivity index (χ2v) is 5.27. The van der Waals surface area contributed by atoms with Crippen LogP contribution in [0.25, 0.3) is 0 Å². The number of piperidine rings is 1. The number of nitrogens with zero attached hydrogens (tertiary/aromatic N) is 1. The number of benzene rings is 1. The van der Waals surface area contributed by atoms with Gasteiger partial charge in [0.15, 0.2) is 0 Å². The average molecular weight is 268 g/mol. The Bertz CT molecular complexity index is 447. The molecule has 1 saturated heterocycles. The van der Waals surface area contributed by atoms with E-state index < -0.39 is 0 Å². The van der Waals surface area contributed by atoms with Crippen LogP contribution in [0.1, 0.15) is 36.5 Å². The summed E-state index contributed by atoms with van der Waals surface area (Å²) in [5.74, 6) is 0.450. The van der Waals surface area contributed by atoms with Crippen molar-refractivity contribution in [3.05, 3.63) is 28.8 Å². The first-order chi connectivity index (χ1) is 8.61. The molecule has 1 heterocycles. The summed E-state index contributed by atoms with van der Waals surface area (Å²) in [6.45, 7) is 3.72. The number of halogens is 1. The van der Waals surface area contributed by atoms with Crippen LogP contribution in [0.2, 0.25) is 5.02 Å². The molecule has 0 aliphatic carbocycles. The van der Waals surface area contributed by atoms with Crippen molar-refractivity contribution in [2.24, 2.45) is 5.92 Å². The molecule has 1 aliphatic heterocycles. The number of hydrogen-bond acceptors (Lipinski definition) is 2. The predicted octanol–water partition coefficient (Wildman–Crippen LogP) is 3.31. The lowest BCUT2D eigenvalue weighted by molar-refractivity contribution is 0.0668. The molecule has 0 radical (unpaired) electrons. The van der Waals surface area contributed by atoms with Gasteiger partial charge in [-0.3, -0.25) is 4.79 Å². The smallest absolute Gasteiger partial charge is 0.257 e. The van der Waals surface area contributed by atoms with Crippen LogP contribution in [0.15, 0.2) is 18.2 Å². The van der Waals surface area contributed by atoms with Crippen LogP contribution in [0, 0.1) is 5.92 Å². The Morgan fingerprint density at radius 1 is 1.56 bits per heavy atom. The summed E-state index contributed by atoms with van der Waals surface area (Å²) >= 11 is 5.77. The van der Waals surface area contributed by atoms with E-state index in [0.29, 0.717) is 16.5 Å². The number of phenols is 1. The lowest BCUT2D eigenvalue weighted by Gasteiger charge is -2.32. The molecule has 1 aliphatic rings. The summed E-state index contributed by atoms with van der Waals surface area (Å²) in [6, 6.07) is 4.64. The minimum Gasteiger partial charge on any atom is -0.507 e. The molecule has 4 heteroatoms. The van der Waals surface area contributed by atoms with E-state index in [9.17, 15) is 9.90 Å². The maximum atomic E-state index is 12.3. The minimum absolute atomic E-state index is 0.0360. The highest BCUT2D eigenvalue weighted by molar-refractivity contribution is 6.30. The van der Waals surface area contributed by atoms with Crippen LogP contribution >= 0.6 is 11.6 Å². The van der Waals surface area contributed by atoms with E-state index in [-0.39, 0.29) is 11.7 Å². The minimum atomic E-state index is -0.0951. The van der Waals surface area contributed by atoms with Crippen molar-refractivity contribution in [2.45, 2.75) is 26.2 Å². The first-order valence-corrected chi connectivity index (χ1v) is 6.77. The molecule has 18 heavy (non-hydrogen) atoms. The topological polar surface area (TPSA) is 40.5 Å². The molecule has 1 N–H and O–H groups in total. The lowest BCUT2D eigenvalue weighted by atomic mass is 9.95. The number of amides is 1. The Morgan fingerprint density at radius 3 is 3.00 bits per heavy atom. The molecule has 1 aromatic carbocycles. The van der Waals surface area contributed by atoms with Crippen molar-refractivity contribution in [2.75, 3.05) is 13.1 Å². The number of carbonyl (C=O) groups excluding carboxylic acids is 1. The predicted molar refractivity (Wildman–Crippen MR) is 72.0 cm³/mol. The molecule has 0 aromatic heterocycles. The summed E-state index contributed by atoms with van der Waals surface area (Å²) in [6.07, 6.45) is 3.32. The number of aromatic hydroxyl groups is 1. The molecular formula is C14H18ClNO2. The SMILES string of the molecule is CCC1CCCN(C(=O)c2ccc(Cl)cc2O)C1. The fourth-order valence-corrected chi connectivity index (χ4v) is 2.61. The van der Waals surface area contributed by atoms with Crippen LogP contribution in [-0.2, 0) is 0 Å². The molecular weight excluding hydrogens is 250 g/mol. The molecule has 1 atom stereocenters. The maximum Gasteiger partial charge on any atom is 0.257 e. The van der Waals surface area contributed by atoms with E-state index in [4.69, 9.17) is 11.6 Å². The zero-order valence-corrected chi connectivity index (χ0v) is 11.3. The zero-order valence-electron chi connectivity index (χ0n) is 10.5. The molecule has 0 spiro atoms. The number of carbonyl (C=O) groups is 1. The van der Waals surface area contributed by atoms with Gasteiger partial charge in [-0.05, 0) is 37.0 Å². The van der Waals surface area contributed by atoms with Gasteiger partial charge in [0.25, 0.3) is 5.91 Å². The fourth-order valence-electron chi connectivity index (χ4n) is 2.44. The largest absolute Gasteiger partial charge is 0.507 e. The quantitative estimate of drug-likeness (QED) is 0.893. The van der Waals surface area contributed by atoms with Gasteiger partial charge in [0, 0.05) is 18.1 Å². The molecule has 1 unspecified atom stereocenters. The van der Waals surface area contributed by atoms with Gasteiger partial charge in [0.1, 0.15) is 5.75 Å². The maximum absolute atomic E-state index is 12.3. The highest BCUT2D eigenvalue weighted by Gasteiger charge is 2.24. The van der Waals surface area contributed by atoms with Gasteiger partial charge < -0.3 is 10.0 Å². The highest BCUT2D eigenvalue weighted by atomic mass is 35.5. The van der Waals surface area contributed by atoms with E-state index in [1.165, 1.54) is 12.5 Å². The van der Waals surface area contributed by atoms with Crippen molar-refractivity contribution in [3.63, 3.8) is 0 Å². The van der Waals surface area contributed by atoms with Crippen molar-refractivity contribution < 1.29 is 9.90 Å². The summed E-state index contributed by atoms with van der Waals surface area (Å²) in [5, 5.41) is 10.2. The van der Waals surface area contributed by atoms with E-state index in [1.807, 2.05) is 4.90 Å². The average Bonchev–Trinajstić information content (AvgIpc) is 2.38. The molecule has 3 nitrogen and oxygen atoms in total. The first kappa shape index (κ1) is 13.2. The van der Waals surface area contributed by atoms with Gasteiger partial charge in [-0.25, -0.2) is 0 Å². The normalized spacial score (nSPS) is 19.9. The molecule has 1 fully saturated rings. The molecule has 98 valence electrons.